The number of hydrogen-bond donors (Lipinski definition) is 1. The monoisotopic (exact) mass is 495 g/mol. The van der Waals surface area contributed by atoms with Crippen molar-refractivity contribution in [3.05, 3.63) is 47.3 Å². The number of carboxylic acid groups (broad SMARTS) is 1. The Hall–Kier alpha value is -3.23. The zero-order valence-corrected chi connectivity index (χ0v) is 22.3. The Labute approximate surface area is 213 Å². The Balaban J connectivity index is 1.83. The van der Waals surface area contributed by atoms with Crippen molar-refractivity contribution in [1.29, 1.82) is 0 Å². The van der Waals surface area contributed by atoms with Crippen LogP contribution >= 0.6 is 0 Å². The van der Waals surface area contributed by atoms with Crippen LogP contribution in [0.2, 0.25) is 0 Å². The molecule has 3 aromatic rings. The van der Waals surface area contributed by atoms with Crippen LogP contribution in [0.5, 0.6) is 17.2 Å². The van der Waals surface area contributed by atoms with Crippen molar-refractivity contribution in [3.63, 3.8) is 0 Å². The molecule has 3 heterocycles. The van der Waals surface area contributed by atoms with Gasteiger partial charge in [-0.3, -0.25) is 4.90 Å². The van der Waals surface area contributed by atoms with Gasteiger partial charge in [-0.05, 0) is 76.2 Å². The lowest BCUT2D eigenvalue weighted by molar-refractivity contribution is 0.0695. The van der Waals surface area contributed by atoms with Gasteiger partial charge in [-0.1, -0.05) is 0 Å². The number of ether oxygens (including phenoxy) is 3. The molecule has 1 fully saturated rings. The predicted octanol–water partition coefficient (Wildman–Crippen LogP) is 4.73. The average molecular weight is 496 g/mol. The summed E-state index contributed by atoms with van der Waals surface area (Å²) in [5, 5.41) is 9.98. The molecular weight excluding hydrogens is 458 g/mol. The number of aromatic nitrogens is 1. The lowest BCUT2D eigenvalue weighted by Gasteiger charge is -2.39. The van der Waals surface area contributed by atoms with Crippen molar-refractivity contribution >= 4 is 11.5 Å². The summed E-state index contributed by atoms with van der Waals surface area (Å²) in [6.45, 7) is 6.05. The van der Waals surface area contributed by atoms with Crippen LogP contribution in [0.15, 0.2) is 30.5 Å². The summed E-state index contributed by atoms with van der Waals surface area (Å²) >= 11 is 0. The Kier molecular flexibility index (Phi) is 7.47. The van der Waals surface area contributed by atoms with E-state index in [1.807, 2.05) is 25.1 Å². The van der Waals surface area contributed by atoms with E-state index >= 15 is 0 Å². The second-order valence-corrected chi connectivity index (χ2v) is 9.72. The number of nitrogens with zero attached hydrogens (tertiary/aromatic N) is 3. The highest BCUT2D eigenvalue weighted by molar-refractivity contribution is 5.92. The number of methoxy groups -OCH3 is 3. The molecular formula is C28H37N3O5. The van der Waals surface area contributed by atoms with E-state index in [0.717, 1.165) is 53.8 Å². The molecule has 194 valence electrons. The molecule has 0 bridgehead atoms. The fourth-order valence-corrected chi connectivity index (χ4v) is 5.48. The van der Waals surface area contributed by atoms with Gasteiger partial charge in [0.2, 0.25) is 5.75 Å². The van der Waals surface area contributed by atoms with Gasteiger partial charge >= 0.3 is 5.97 Å². The van der Waals surface area contributed by atoms with Crippen molar-refractivity contribution in [3.8, 4) is 28.4 Å². The summed E-state index contributed by atoms with van der Waals surface area (Å²) < 4.78 is 18.7. The van der Waals surface area contributed by atoms with Gasteiger partial charge in [-0.2, -0.15) is 0 Å². The third-order valence-electron chi connectivity index (χ3n) is 7.59. The van der Waals surface area contributed by atoms with E-state index in [4.69, 9.17) is 14.2 Å². The molecule has 0 amide bonds. The number of benzene rings is 1. The molecule has 0 aliphatic carbocycles. The van der Waals surface area contributed by atoms with E-state index in [0.29, 0.717) is 28.9 Å². The molecule has 8 heteroatoms. The standard InChI is InChI=1S/C28H37N3O5/c1-17-23(28(32)33)15-22-12-20(19-13-24(34-5)27(36-7)25(14-19)35-6)16-31(22)26(17)18(2)30-10-8-21(9-11-30)29(3)4/h12-16,18,21H,8-11H2,1-7H3,(H,32,33). The van der Waals surface area contributed by atoms with E-state index in [2.05, 4.69) is 41.4 Å². The maximum Gasteiger partial charge on any atom is 0.336 e. The van der Waals surface area contributed by atoms with Gasteiger partial charge in [-0.15, -0.1) is 0 Å². The molecule has 4 rings (SSSR count). The first-order valence-electron chi connectivity index (χ1n) is 12.3. The minimum Gasteiger partial charge on any atom is -0.493 e. The van der Waals surface area contributed by atoms with Crippen LogP contribution in [-0.2, 0) is 0 Å². The zero-order valence-electron chi connectivity index (χ0n) is 22.3. The van der Waals surface area contributed by atoms with E-state index in [1.165, 1.54) is 0 Å². The number of rotatable bonds is 8. The van der Waals surface area contributed by atoms with Crippen molar-refractivity contribution in [2.45, 2.75) is 38.8 Å². The van der Waals surface area contributed by atoms with E-state index in [1.54, 1.807) is 27.4 Å². The lowest BCUT2D eigenvalue weighted by Crippen LogP contribution is -2.43. The number of hydrogen-bond acceptors (Lipinski definition) is 6. The number of likely N-dealkylation sites (tertiary alicyclic amines) is 1. The molecule has 0 radical (unpaired) electrons. The fraction of sp³-hybridized carbons (Fsp3) is 0.464. The fourth-order valence-electron chi connectivity index (χ4n) is 5.48. The molecule has 1 aromatic carbocycles. The number of fused-ring (bicyclic) bond motifs is 1. The maximum absolute atomic E-state index is 12.2. The molecule has 8 nitrogen and oxygen atoms in total. The van der Waals surface area contributed by atoms with Crippen molar-refractivity contribution in [1.82, 2.24) is 14.2 Å². The predicted molar refractivity (Wildman–Crippen MR) is 141 cm³/mol. The Morgan fingerprint density at radius 2 is 1.61 bits per heavy atom. The number of piperidine rings is 1. The largest absolute Gasteiger partial charge is 0.493 e. The normalized spacial score (nSPS) is 15.9. The smallest absolute Gasteiger partial charge is 0.336 e. The molecule has 1 aliphatic heterocycles. The molecule has 1 aliphatic rings. The van der Waals surface area contributed by atoms with Gasteiger partial charge in [-0.25, -0.2) is 4.79 Å². The van der Waals surface area contributed by atoms with Crippen LogP contribution in [0.1, 0.15) is 47.4 Å². The Morgan fingerprint density at radius 1 is 1.00 bits per heavy atom. The Morgan fingerprint density at radius 3 is 2.11 bits per heavy atom. The summed E-state index contributed by atoms with van der Waals surface area (Å²) in [6, 6.07) is 8.24. The number of pyridine rings is 1. The third-order valence-corrected chi connectivity index (χ3v) is 7.59. The Bertz CT molecular complexity index is 1230. The lowest BCUT2D eigenvalue weighted by atomic mass is 9.98. The first kappa shape index (κ1) is 25.9. The summed E-state index contributed by atoms with van der Waals surface area (Å²) in [7, 11) is 9.05. The quantitative estimate of drug-likeness (QED) is 0.484. The average Bonchev–Trinajstić information content (AvgIpc) is 3.30. The highest BCUT2D eigenvalue weighted by Crippen LogP contribution is 2.42. The van der Waals surface area contributed by atoms with E-state index in [9.17, 15) is 9.90 Å². The maximum atomic E-state index is 12.2. The summed E-state index contributed by atoms with van der Waals surface area (Å²) in [5.74, 6) is 0.765. The van der Waals surface area contributed by atoms with Crippen LogP contribution in [0.3, 0.4) is 0 Å². The summed E-state index contributed by atoms with van der Waals surface area (Å²) in [6.07, 6.45) is 4.27. The van der Waals surface area contributed by atoms with Crippen molar-refractivity contribution < 1.29 is 24.1 Å². The van der Waals surface area contributed by atoms with E-state index in [-0.39, 0.29) is 6.04 Å². The summed E-state index contributed by atoms with van der Waals surface area (Å²) in [5.41, 5.74) is 4.81. The highest BCUT2D eigenvalue weighted by atomic mass is 16.5. The van der Waals surface area contributed by atoms with Crippen LogP contribution in [0.25, 0.3) is 16.6 Å². The van der Waals surface area contributed by atoms with Crippen LogP contribution in [0.4, 0.5) is 0 Å². The highest BCUT2D eigenvalue weighted by Gasteiger charge is 2.28. The molecule has 2 aromatic heterocycles. The minimum atomic E-state index is -0.912. The first-order valence-corrected chi connectivity index (χ1v) is 12.3. The second kappa shape index (κ2) is 10.4. The third kappa shape index (κ3) is 4.63. The zero-order chi connectivity index (χ0) is 26.1. The van der Waals surface area contributed by atoms with Crippen LogP contribution < -0.4 is 14.2 Å². The number of carbonyl (C=O) groups is 1. The SMILES string of the molecule is COc1cc(-c2cc3cc(C(=O)O)c(C)c(C(C)N4CCC(N(C)C)CC4)n3c2)cc(OC)c1OC. The topological polar surface area (TPSA) is 75.9 Å². The molecule has 0 spiro atoms. The number of aromatic carboxylic acids is 1. The molecule has 1 atom stereocenters. The van der Waals surface area contributed by atoms with Crippen molar-refractivity contribution in [2.24, 2.45) is 0 Å². The molecule has 36 heavy (non-hydrogen) atoms. The van der Waals surface area contributed by atoms with Gasteiger partial charge in [0, 0.05) is 48.1 Å². The minimum absolute atomic E-state index is 0.0649. The van der Waals surface area contributed by atoms with E-state index < -0.39 is 5.97 Å². The van der Waals surface area contributed by atoms with Gasteiger partial charge in [0.05, 0.1) is 26.9 Å². The van der Waals surface area contributed by atoms with Gasteiger partial charge < -0.3 is 28.6 Å². The first-order chi connectivity index (χ1) is 17.2. The van der Waals surface area contributed by atoms with Crippen molar-refractivity contribution in [2.75, 3.05) is 48.5 Å². The molecule has 1 N–H and O–H groups in total. The van der Waals surface area contributed by atoms with Crippen LogP contribution in [-0.4, -0.2) is 79.8 Å². The van der Waals surface area contributed by atoms with Gasteiger partial charge in [0.25, 0.3) is 0 Å². The molecule has 1 unspecified atom stereocenters. The summed E-state index contributed by atoms with van der Waals surface area (Å²) in [4.78, 5) is 16.9. The number of carboxylic acids is 1. The molecule has 0 saturated carbocycles. The van der Waals surface area contributed by atoms with Crippen LogP contribution in [0, 0.1) is 6.92 Å². The second-order valence-electron chi connectivity index (χ2n) is 9.72. The van der Waals surface area contributed by atoms with Gasteiger partial charge in [0.15, 0.2) is 11.5 Å². The van der Waals surface area contributed by atoms with Gasteiger partial charge in [0.1, 0.15) is 0 Å². The molecule has 1 saturated heterocycles.